The smallest absolute Gasteiger partial charge is 0.224 e. The van der Waals surface area contributed by atoms with E-state index in [4.69, 9.17) is 10.1 Å². The Hall–Kier alpha value is -3.18. The Labute approximate surface area is 172 Å². The molecule has 0 saturated carbocycles. The SMILES string of the molecule is Brc1ccc(C2=NN(c3ccccc3)C3N=C(c4ccccc4)C=CN23)cc1. The number of rotatable bonds is 3. The molecule has 0 fully saturated rings. The third kappa shape index (κ3) is 3.04. The van der Waals surface area contributed by atoms with Crippen molar-refractivity contribution in [2.24, 2.45) is 10.1 Å². The Balaban J connectivity index is 1.58. The summed E-state index contributed by atoms with van der Waals surface area (Å²) < 4.78 is 1.05. The van der Waals surface area contributed by atoms with Gasteiger partial charge in [0.2, 0.25) is 6.29 Å². The number of halogens is 1. The van der Waals surface area contributed by atoms with E-state index in [0.29, 0.717) is 0 Å². The minimum atomic E-state index is -0.249. The number of aliphatic imine (C=N–C) groups is 1. The van der Waals surface area contributed by atoms with Crippen molar-refractivity contribution in [3.8, 4) is 0 Å². The van der Waals surface area contributed by atoms with E-state index in [1.165, 1.54) is 0 Å². The number of hydrazone groups is 1. The molecule has 0 radical (unpaired) electrons. The largest absolute Gasteiger partial charge is 0.289 e. The second kappa shape index (κ2) is 7.09. The minimum absolute atomic E-state index is 0.249. The molecule has 4 nitrogen and oxygen atoms in total. The predicted molar refractivity (Wildman–Crippen MR) is 117 cm³/mol. The molecular weight excluding hydrogens is 412 g/mol. The average Bonchev–Trinajstić information content (AvgIpc) is 3.14. The van der Waals surface area contributed by atoms with Crippen LogP contribution in [0.1, 0.15) is 11.1 Å². The van der Waals surface area contributed by atoms with Gasteiger partial charge in [0.1, 0.15) is 0 Å². The summed E-state index contributed by atoms with van der Waals surface area (Å²) in [6, 6.07) is 28.6. The first-order valence-electron chi connectivity index (χ1n) is 9.08. The van der Waals surface area contributed by atoms with E-state index in [2.05, 4.69) is 69.5 Å². The minimum Gasteiger partial charge on any atom is -0.289 e. The van der Waals surface area contributed by atoms with Gasteiger partial charge in [-0.25, -0.2) is 10.0 Å². The summed E-state index contributed by atoms with van der Waals surface area (Å²) in [5.41, 5.74) is 4.12. The summed E-state index contributed by atoms with van der Waals surface area (Å²) in [5, 5.41) is 6.91. The second-order valence-corrected chi connectivity index (χ2v) is 7.48. The van der Waals surface area contributed by atoms with Crippen molar-refractivity contribution in [3.05, 3.63) is 113 Å². The molecule has 1 atom stereocenters. The van der Waals surface area contributed by atoms with Crippen LogP contribution < -0.4 is 5.01 Å². The van der Waals surface area contributed by atoms with E-state index >= 15 is 0 Å². The maximum Gasteiger partial charge on any atom is 0.224 e. The lowest BCUT2D eigenvalue weighted by Gasteiger charge is -2.29. The van der Waals surface area contributed by atoms with Crippen LogP contribution in [0.2, 0.25) is 0 Å². The molecule has 0 aliphatic carbocycles. The number of fused-ring (bicyclic) bond motifs is 1. The Bertz CT molecular complexity index is 1070. The third-order valence-electron chi connectivity index (χ3n) is 4.75. The third-order valence-corrected chi connectivity index (χ3v) is 5.28. The first-order chi connectivity index (χ1) is 13.8. The Morgan fingerprint density at radius 2 is 1.43 bits per heavy atom. The van der Waals surface area contributed by atoms with Gasteiger partial charge < -0.3 is 0 Å². The van der Waals surface area contributed by atoms with Crippen LogP contribution in [0, 0.1) is 0 Å². The number of anilines is 1. The Kier molecular flexibility index (Phi) is 4.29. The number of allylic oxidation sites excluding steroid dienone is 1. The zero-order valence-electron chi connectivity index (χ0n) is 15.0. The first kappa shape index (κ1) is 17.0. The molecule has 28 heavy (non-hydrogen) atoms. The standard InChI is InChI=1S/C23H17BrN4/c24-19-13-11-18(12-14-19)22-26-28(20-9-5-2-6-10-20)23-25-21(15-16-27(22)23)17-7-3-1-4-8-17/h1-16,23H. The van der Waals surface area contributed by atoms with Crippen LogP contribution in [0.25, 0.3) is 0 Å². The number of hydrogen-bond acceptors (Lipinski definition) is 4. The molecule has 2 aliphatic rings. The average molecular weight is 429 g/mol. The summed E-state index contributed by atoms with van der Waals surface area (Å²) in [6.45, 7) is 0. The fourth-order valence-electron chi connectivity index (χ4n) is 3.37. The molecule has 0 spiro atoms. The molecule has 0 saturated heterocycles. The van der Waals surface area contributed by atoms with Crippen LogP contribution >= 0.6 is 15.9 Å². The quantitative estimate of drug-likeness (QED) is 0.571. The highest BCUT2D eigenvalue weighted by molar-refractivity contribution is 9.10. The van der Waals surface area contributed by atoms with E-state index in [1.54, 1.807) is 0 Å². The molecular formula is C23H17BrN4. The van der Waals surface area contributed by atoms with Crippen molar-refractivity contribution in [3.63, 3.8) is 0 Å². The molecule has 3 aromatic carbocycles. The van der Waals surface area contributed by atoms with Gasteiger partial charge in [-0.1, -0.05) is 76.6 Å². The summed E-state index contributed by atoms with van der Waals surface area (Å²) >= 11 is 3.51. The molecule has 136 valence electrons. The van der Waals surface area contributed by atoms with Crippen molar-refractivity contribution in [1.82, 2.24) is 4.90 Å². The van der Waals surface area contributed by atoms with E-state index in [1.807, 2.05) is 53.5 Å². The fraction of sp³-hybridized carbons (Fsp3) is 0.0435. The molecule has 5 heteroatoms. The van der Waals surface area contributed by atoms with E-state index in [9.17, 15) is 0 Å². The number of amidine groups is 1. The van der Waals surface area contributed by atoms with E-state index in [-0.39, 0.29) is 6.29 Å². The van der Waals surface area contributed by atoms with Crippen molar-refractivity contribution < 1.29 is 0 Å². The topological polar surface area (TPSA) is 31.2 Å². The van der Waals surface area contributed by atoms with Crippen molar-refractivity contribution in [2.45, 2.75) is 6.29 Å². The van der Waals surface area contributed by atoms with Gasteiger partial charge in [0.15, 0.2) is 5.84 Å². The lowest BCUT2D eigenvalue weighted by molar-refractivity contribution is 0.430. The predicted octanol–water partition coefficient (Wildman–Crippen LogP) is 5.23. The van der Waals surface area contributed by atoms with Gasteiger partial charge in [0, 0.05) is 16.2 Å². The van der Waals surface area contributed by atoms with Gasteiger partial charge in [0.05, 0.1) is 11.4 Å². The Morgan fingerprint density at radius 3 is 2.14 bits per heavy atom. The number of benzene rings is 3. The Morgan fingerprint density at radius 1 is 0.750 bits per heavy atom. The van der Waals surface area contributed by atoms with Crippen LogP contribution in [-0.4, -0.2) is 22.7 Å². The molecule has 0 amide bonds. The monoisotopic (exact) mass is 428 g/mol. The molecule has 5 rings (SSSR count). The van der Waals surface area contributed by atoms with Crippen molar-refractivity contribution >= 4 is 33.2 Å². The van der Waals surface area contributed by atoms with Crippen LogP contribution in [0.15, 0.2) is 112 Å². The molecule has 0 aromatic heterocycles. The highest BCUT2D eigenvalue weighted by Crippen LogP contribution is 2.31. The molecule has 1 unspecified atom stereocenters. The maximum atomic E-state index is 5.02. The number of nitrogens with zero attached hydrogens (tertiary/aromatic N) is 4. The van der Waals surface area contributed by atoms with Crippen LogP contribution in [-0.2, 0) is 0 Å². The van der Waals surface area contributed by atoms with Crippen molar-refractivity contribution in [1.29, 1.82) is 0 Å². The summed E-state index contributed by atoms with van der Waals surface area (Å²) in [7, 11) is 0. The van der Waals surface area contributed by atoms with Crippen LogP contribution in [0.4, 0.5) is 5.69 Å². The zero-order valence-corrected chi connectivity index (χ0v) is 16.6. The van der Waals surface area contributed by atoms with E-state index in [0.717, 1.165) is 32.8 Å². The maximum absolute atomic E-state index is 5.02. The lowest BCUT2D eigenvalue weighted by atomic mass is 10.1. The fourth-order valence-corrected chi connectivity index (χ4v) is 3.64. The van der Waals surface area contributed by atoms with Crippen molar-refractivity contribution in [2.75, 3.05) is 5.01 Å². The number of para-hydroxylation sites is 1. The van der Waals surface area contributed by atoms with Gasteiger partial charge in [-0.2, -0.15) is 0 Å². The molecule has 0 N–H and O–H groups in total. The molecule has 0 bridgehead atoms. The van der Waals surface area contributed by atoms with E-state index < -0.39 is 0 Å². The zero-order chi connectivity index (χ0) is 18.9. The summed E-state index contributed by atoms with van der Waals surface area (Å²) in [6.07, 6.45) is 3.87. The van der Waals surface area contributed by atoms with Gasteiger partial charge in [-0.05, 0) is 35.9 Å². The second-order valence-electron chi connectivity index (χ2n) is 6.56. The molecule has 3 aromatic rings. The summed E-state index contributed by atoms with van der Waals surface area (Å²) in [5.74, 6) is 0.883. The van der Waals surface area contributed by atoms with Crippen LogP contribution in [0.5, 0.6) is 0 Å². The lowest BCUT2D eigenvalue weighted by Crippen LogP contribution is -2.40. The van der Waals surface area contributed by atoms with Gasteiger partial charge in [-0.3, -0.25) is 4.90 Å². The first-order valence-corrected chi connectivity index (χ1v) is 9.87. The highest BCUT2D eigenvalue weighted by atomic mass is 79.9. The number of hydrogen-bond donors (Lipinski definition) is 0. The van der Waals surface area contributed by atoms with Gasteiger partial charge in [0.25, 0.3) is 0 Å². The normalized spacial score (nSPS) is 18.0. The van der Waals surface area contributed by atoms with Crippen LogP contribution in [0.3, 0.4) is 0 Å². The highest BCUT2D eigenvalue weighted by Gasteiger charge is 2.36. The summed E-state index contributed by atoms with van der Waals surface area (Å²) in [4.78, 5) is 7.14. The molecule has 2 heterocycles. The van der Waals surface area contributed by atoms with Gasteiger partial charge in [-0.15, -0.1) is 5.10 Å². The molecule has 2 aliphatic heterocycles. The van der Waals surface area contributed by atoms with Gasteiger partial charge >= 0.3 is 0 Å².